The zero-order chi connectivity index (χ0) is 37.9. The van der Waals surface area contributed by atoms with Crippen molar-refractivity contribution in [1.29, 1.82) is 10.8 Å². The molecule has 2 N–H and O–H groups in total. The van der Waals surface area contributed by atoms with Gasteiger partial charge in [0.25, 0.3) is 11.4 Å². The van der Waals surface area contributed by atoms with Gasteiger partial charge in [0.1, 0.15) is 20.2 Å². The Bertz CT molecular complexity index is 2470. The summed E-state index contributed by atoms with van der Waals surface area (Å²) in [5.74, 6) is 0. The summed E-state index contributed by atoms with van der Waals surface area (Å²) in [4.78, 5) is 5.52. The van der Waals surface area contributed by atoms with Crippen LogP contribution >= 0.6 is 0 Å². The van der Waals surface area contributed by atoms with Gasteiger partial charge < -0.3 is 9.11 Å². The molecule has 6 aromatic rings. The fourth-order valence-corrected chi connectivity index (χ4v) is 5.46. The quantitative estimate of drug-likeness (QED) is 0.0699. The first kappa shape index (κ1) is 38.6. The molecule has 262 valence electrons. The second kappa shape index (κ2) is 17.1. The zero-order valence-corrected chi connectivity index (χ0v) is 28.6. The Labute approximate surface area is 297 Å². The van der Waals surface area contributed by atoms with Gasteiger partial charge >= 0.3 is 11.4 Å². The lowest BCUT2D eigenvalue weighted by Gasteiger charge is -2.08. The first-order chi connectivity index (χ1) is 24.7. The maximum atomic E-state index is 11.2. The Morgan fingerprint density at radius 1 is 0.519 bits per heavy atom. The SMILES string of the molecule is N#[N+]c1ccc(N=Nc2ccccc2)c2cc(S(=O)(=O)[O-])ccc12.N#[N+]c1ccc(N=Nc2ccccc2)c2cc(S(=O)(=O)[O-])ccc12.O=S(O)O. The summed E-state index contributed by atoms with van der Waals surface area (Å²) >= 11 is -2.61. The molecule has 0 heterocycles. The van der Waals surface area contributed by atoms with E-state index < -0.39 is 31.6 Å². The van der Waals surface area contributed by atoms with E-state index in [-0.39, 0.29) is 21.2 Å². The van der Waals surface area contributed by atoms with Crippen molar-refractivity contribution in [3.8, 4) is 0 Å². The van der Waals surface area contributed by atoms with E-state index in [0.29, 0.717) is 44.3 Å². The van der Waals surface area contributed by atoms with Crippen LogP contribution in [-0.4, -0.2) is 39.3 Å². The van der Waals surface area contributed by atoms with Crippen molar-refractivity contribution in [2.45, 2.75) is 9.79 Å². The van der Waals surface area contributed by atoms with Gasteiger partial charge in [-0.05, 0) is 72.8 Å². The lowest BCUT2D eigenvalue weighted by atomic mass is 10.1. The third-order valence-electron chi connectivity index (χ3n) is 6.74. The predicted molar refractivity (Wildman–Crippen MR) is 188 cm³/mol. The topological polar surface area (TPSA) is 278 Å². The van der Waals surface area contributed by atoms with Crippen LogP contribution in [0.3, 0.4) is 0 Å². The van der Waals surface area contributed by atoms with Crippen LogP contribution in [0.25, 0.3) is 31.5 Å². The Morgan fingerprint density at radius 3 is 1.17 bits per heavy atom. The molecular formula is C32H22N8O9S3. The van der Waals surface area contributed by atoms with E-state index in [1.807, 2.05) is 36.4 Å². The average molecular weight is 759 g/mol. The van der Waals surface area contributed by atoms with E-state index >= 15 is 0 Å². The van der Waals surface area contributed by atoms with Crippen molar-refractivity contribution in [3.63, 3.8) is 0 Å². The Hall–Kier alpha value is -6.23. The molecule has 0 aliphatic carbocycles. The maximum absolute atomic E-state index is 11.2. The van der Waals surface area contributed by atoms with E-state index in [4.69, 9.17) is 24.1 Å². The van der Waals surface area contributed by atoms with Crippen LogP contribution in [0, 0.1) is 10.8 Å². The van der Waals surface area contributed by atoms with Crippen molar-refractivity contribution < 1.29 is 39.3 Å². The predicted octanol–water partition coefficient (Wildman–Crippen LogP) is 8.97. The van der Waals surface area contributed by atoms with Crippen molar-refractivity contribution in [3.05, 3.63) is 131 Å². The Kier molecular flexibility index (Phi) is 12.7. The molecule has 52 heavy (non-hydrogen) atoms. The number of hydrogen-bond donors (Lipinski definition) is 2. The summed E-state index contributed by atoms with van der Waals surface area (Å²) in [7, 11) is -9.23. The van der Waals surface area contributed by atoms with E-state index in [1.165, 1.54) is 48.5 Å². The molecule has 0 spiro atoms. The molecular weight excluding hydrogens is 737 g/mol. The van der Waals surface area contributed by atoms with E-state index in [2.05, 4.69) is 30.4 Å². The minimum Gasteiger partial charge on any atom is -0.744 e. The fourth-order valence-electron chi connectivity index (χ4n) is 4.46. The number of hydrogen-bond acceptors (Lipinski definition) is 13. The third-order valence-corrected chi connectivity index (χ3v) is 8.40. The minimum atomic E-state index is -4.61. The number of rotatable bonds is 6. The van der Waals surface area contributed by atoms with E-state index in [0.717, 1.165) is 12.1 Å². The van der Waals surface area contributed by atoms with Crippen LogP contribution in [0.1, 0.15) is 0 Å². The minimum absolute atomic E-state index is 0.235. The summed E-state index contributed by atoms with van der Waals surface area (Å²) in [6, 6.07) is 31.6. The molecule has 0 saturated carbocycles. The highest BCUT2D eigenvalue weighted by atomic mass is 32.2. The molecule has 17 nitrogen and oxygen atoms in total. The summed E-state index contributed by atoms with van der Waals surface area (Å²) in [6.45, 7) is 0. The van der Waals surface area contributed by atoms with Crippen LogP contribution in [0.2, 0.25) is 0 Å². The van der Waals surface area contributed by atoms with Crippen molar-refractivity contribution in [2.75, 3.05) is 0 Å². The van der Waals surface area contributed by atoms with Gasteiger partial charge in [0.15, 0.2) is 9.95 Å². The molecule has 0 fully saturated rings. The molecule has 0 aliphatic rings. The molecule has 0 saturated heterocycles. The molecule has 0 aliphatic heterocycles. The summed E-state index contributed by atoms with van der Waals surface area (Å²) < 4.78 is 90.3. The largest absolute Gasteiger partial charge is 0.744 e. The fraction of sp³-hybridized carbons (Fsp3) is 0. The van der Waals surface area contributed by atoms with Gasteiger partial charge in [-0.25, -0.2) is 16.8 Å². The Balaban J connectivity index is 0.000000211. The van der Waals surface area contributed by atoms with Gasteiger partial charge in [-0.2, -0.15) is 14.4 Å². The summed E-state index contributed by atoms with van der Waals surface area (Å²) in [6.07, 6.45) is 0. The van der Waals surface area contributed by atoms with Crippen LogP contribution in [0.5, 0.6) is 0 Å². The normalized spacial score (nSPS) is 11.4. The van der Waals surface area contributed by atoms with Crippen molar-refractivity contribution >= 4 is 87.3 Å². The Morgan fingerprint density at radius 2 is 0.865 bits per heavy atom. The first-order valence-electron chi connectivity index (χ1n) is 14.2. The smallest absolute Gasteiger partial charge is 0.392 e. The van der Waals surface area contributed by atoms with E-state index in [1.54, 1.807) is 24.3 Å². The molecule has 6 rings (SSSR count). The lowest BCUT2D eigenvalue weighted by Crippen LogP contribution is -1.97. The molecule has 0 bridgehead atoms. The second-order valence-electron chi connectivity index (χ2n) is 10.0. The summed E-state index contributed by atoms with van der Waals surface area (Å²) in [5, 5.41) is 36.1. The molecule has 0 aromatic heterocycles. The number of fused-ring (bicyclic) bond motifs is 2. The second-order valence-corrected chi connectivity index (χ2v) is 13.3. The average Bonchev–Trinajstić information content (AvgIpc) is 3.12. The summed E-state index contributed by atoms with van der Waals surface area (Å²) in [5.41, 5.74) is 2.42. The number of benzene rings is 6. The van der Waals surface area contributed by atoms with Crippen LogP contribution in [0.15, 0.2) is 152 Å². The molecule has 20 heteroatoms. The molecule has 0 radical (unpaired) electrons. The van der Waals surface area contributed by atoms with Gasteiger partial charge in [0, 0.05) is 22.9 Å². The van der Waals surface area contributed by atoms with Crippen LogP contribution in [0.4, 0.5) is 34.1 Å². The van der Waals surface area contributed by atoms with Gasteiger partial charge in [0.2, 0.25) is 10.8 Å². The highest BCUT2D eigenvalue weighted by Crippen LogP contribution is 2.37. The number of diazo groups is 2. The van der Waals surface area contributed by atoms with Gasteiger partial charge in [-0.1, -0.05) is 36.4 Å². The van der Waals surface area contributed by atoms with Crippen molar-refractivity contribution in [1.82, 2.24) is 0 Å². The molecule has 6 aromatic carbocycles. The molecule has 0 atom stereocenters. The number of nitrogens with zero attached hydrogens (tertiary/aromatic N) is 8. The number of azo groups is 2. The zero-order valence-electron chi connectivity index (χ0n) is 26.1. The maximum Gasteiger partial charge on any atom is 0.392 e. The molecule has 0 amide bonds. The highest BCUT2D eigenvalue weighted by Gasteiger charge is 2.17. The van der Waals surface area contributed by atoms with Gasteiger partial charge in [0.05, 0.1) is 43.3 Å². The van der Waals surface area contributed by atoms with Crippen LogP contribution in [-0.2, 0) is 31.6 Å². The van der Waals surface area contributed by atoms with Gasteiger partial charge in [-0.3, -0.25) is 9.11 Å². The van der Waals surface area contributed by atoms with E-state index in [9.17, 15) is 25.9 Å². The molecule has 0 unspecified atom stereocenters. The third kappa shape index (κ3) is 10.4. The monoisotopic (exact) mass is 758 g/mol. The standard InChI is InChI=1S/2C16H10N4O3S.H2O3S/c2*17-18-15-8-9-16(20-19-11-4-2-1-3-5-11)14-10-12(24(21,22)23)6-7-13(14)15;1-4(2)3/h2*1-10H;(H2,1,2,3). The first-order valence-corrected chi connectivity index (χ1v) is 18.1. The highest BCUT2D eigenvalue weighted by molar-refractivity contribution is 7.86. The van der Waals surface area contributed by atoms with Crippen molar-refractivity contribution in [2.24, 2.45) is 20.5 Å². The lowest BCUT2D eigenvalue weighted by molar-refractivity contribution is 0.453. The van der Waals surface area contributed by atoms with Crippen LogP contribution < -0.4 is 0 Å². The van der Waals surface area contributed by atoms with Gasteiger partial charge in [-0.15, -0.1) is 10.2 Å².